The maximum Gasteiger partial charge on any atom is 0.255 e. The van der Waals surface area contributed by atoms with Crippen LogP contribution in [0.5, 0.6) is 0 Å². The molecule has 0 aliphatic carbocycles. The molecule has 2 rings (SSSR count). The van der Waals surface area contributed by atoms with E-state index in [0.29, 0.717) is 29.2 Å². The average Bonchev–Trinajstić information content (AvgIpc) is 3.08. The highest BCUT2D eigenvalue weighted by Gasteiger charge is 2.26. The van der Waals surface area contributed by atoms with Crippen molar-refractivity contribution in [3.8, 4) is 0 Å². The number of allylic oxidation sites excluding steroid dienone is 2. The Morgan fingerprint density at radius 1 is 1.34 bits per heavy atom. The zero-order chi connectivity index (χ0) is 21.8. The number of carbonyl (C=O) groups excluding carboxylic acids is 2. The summed E-state index contributed by atoms with van der Waals surface area (Å²) in [5, 5.41) is 6.42. The topological polar surface area (TPSA) is 112 Å². The lowest BCUT2D eigenvalue weighted by Gasteiger charge is -2.26. The molecule has 29 heavy (non-hydrogen) atoms. The summed E-state index contributed by atoms with van der Waals surface area (Å²) in [5.41, 5.74) is 8.13. The lowest BCUT2D eigenvalue weighted by Crippen LogP contribution is -2.34. The van der Waals surface area contributed by atoms with Crippen molar-refractivity contribution in [2.24, 2.45) is 22.1 Å². The number of primary amides is 1. The van der Waals surface area contributed by atoms with Crippen LogP contribution in [-0.2, 0) is 4.79 Å². The smallest absolute Gasteiger partial charge is 0.255 e. The Morgan fingerprint density at radius 3 is 2.62 bits per heavy atom. The lowest BCUT2D eigenvalue weighted by molar-refractivity contribution is -0.114. The lowest BCUT2D eigenvalue weighted by atomic mass is 9.91. The molecule has 0 radical (unpaired) electrons. The van der Waals surface area contributed by atoms with Gasteiger partial charge in [0.2, 0.25) is 5.91 Å². The summed E-state index contributed by atoms with van der Waals surface area (Å²) >= 11 is 0. The van der Waals surface area contributed by atoms with E-state index in [2.05, 4.69) is 55.2 Å². The van der Waals surface area contributed by atoms with Crippen molar-refractivity contribution in [1.29, 1.82) is 0 Å². The Morgan fingerprint density at radius 2 is 2.03 bits per heavy atom. The zero-order valence-corrected chi connectivity index (χ0v) is 18.2. The first-order chi connectivity index (χ1) is 13.5. The molecule has 1 aromatic heterocycles. The number of aromatic amines is 1. The van der Waals surface area contributed by atoms with E-state index in [0.717, 1.165) is 12.0 Å². The number of amides is 2. The Balaban J connectivity index is 2.29. The molecule has 0 saturated carbocycles. The molecule has 0 bridgehead atoms. The van der Waals surface area contributed by atoms with Gasteiger partial charge >= 0.3 is 0 Å². The Bertz CT molecular complexity index is 855. The van der Waals surface area contributed by atoms with Gasteiger partial charge in [-0.15, -0.1) is 0 Å². The highest BCUT2D eigenvalue weighted by atomic mass is 16.2. The van der Waals surface area contributed by atoms with E-state index in [-0.39, 0.29) is 23.3 Å². The first kappa shape index (κ1) is 22.5. The van der Waals surface area contributed by atoms with E-state index in [1.54, 1.807) is 19.2 Å². The van der Waals surface area contributed by atoms with E-state index in [1.807, 2.05) is 12.3 Å². The van der Waals surface area contributed by atoms with Crippen molar-refractivity contribution in [2.75, 3.05) is 11.9 Å². The SMILES string of the molecule is CCC(C)/C(=C\C=C(/C)C(N)=O)C1C=Nc2[nH]cc(C(=O)NCC(C)(C)C)c2N1. The molecular weight excluding hydrogens is 366 g/mol. The number of nitrogens with zero attached hydrogens (tertiary/aromatic N) is 1. The second kappa shape index (κ2) is 9.11. The third-order valence-electron chi connectivity index (χ3n) is 4.99. The number of rotatable bonds is 7. The van der Waals surface area contributed by atoms with E-state index in [9.17, 15) is 9.59 Å². The van der Waals surface area contributed by atoms with Gasteiger partial charge < -0.3 is 21.4 Å². The predicted octanol–water partition coefficient (Wildman–Crippen LogP) is 3.69. The van der Waals surface area contributed by atoms with Crippen molar-refractivity contribution in [1.82, 2.24) is 10.3 Å². The molecule has 7 nitrogen and oxygen atoms in total. The summed E-state index contributed by atoms with van der Waals surface area (Å²) in [4.78, 5) is 31.6. The maximum atomic E-state index is 12.7. The molecule has 5 N–H and O–H groups in total. The fraction of sp³-hybridized carbons (Fsp3) is 0.500. The van der Waals surface area contributed by atoms with Gasteiger partial charge in [-0.25, -0.2) is 4.99 Å². The number of hydrogen-bond acceptors (Lipinski definition) is 4. The average molecular weight is 400 g/mol. The number of fused-ring (bicyclic) bond motifs is 1. The zero-order valence-electron chi connectivity index (χ0n) is 18.2. The minimum absolute atomic E-state index is 0.00275. The van der Waals surface area contributed by atoms with Crippen LogP contribution in [0.2, 0.25) is 0 Å². The Labute approximate surface area is 172 Å². The minimum atomic E-state index is -0.444. The second-order valence-electron chi connectivity index (χ2n) is 8.76. The molecule has 0 aromatic carbocycles. The summed E-state index contributed by atoms with van der Waals surface area (Å²) in [6.45, 7) is 12.7. The van der Waals surface area contributed by atoms with E-state index < -0.39 is 5.91 Å². The number of nitrogens with two attached hydrogens (primary N) is 1. The standard InChI is InChI=1S/C22H33N5O2/c1-7-13(2)15(9-8-14(3)19(23)28)17-11-25-20-18(27-17)16(10-24-20)21(29)26-12-22(4,5)6/h8-11,13,17,24,27H,7,12H2,1-6H3,(H2,23,28)(H,26,29)/b14-8+,15-9+. The molecular formula is C22H33N5O2. The van der Waals surface area contributed by atoms with Crippen molar-refractivity contribution >= 4 is 29.5 Å². The first-order valence-electron chi connectivity index (χ1n) is 10.0. The molecule has 2 amide bonds. The number of nitrogens with one attached hydrogen (secondary N) is 3. The van der Waals surface area contributed by atoms with Gasteiger partial charge in [-0.3, -0.25) is 9.59 Å². The van der Waals surface area contributed by atoms with Gasteiger partial charge in [0.15, 0.2) is 5.82 Å². The van der Waals surface area contributed by atoms with Crippen LogP contribution < -0.4 is 16.4 Å². The number of H-pyrrole nitrogens is 1. The molecule has 0 saturated heterocycles. The molecule has 1 aliphatic rings. The van der Waals surface area contributed by atoms with Gasteiger partial charge in [-0.05, 0) is 30.3 Å². The van der Waals surface area contributed by atoms with Gasteiger partial charge in [0, 0.05) is 24.5 Å². The summed E-state index contributed by atoms with van der Waals surface area (Å²) in [5.74, 6) is 0.309. The summed E-state index contributed by atoms with van der Waals surface area (Å²) in [7, 11) is 0. The summed E-state index contributed by atoms with van der Waals surface area (Å²) in [6.07, 6.45) is 8.10. The van der Waals surface area contributed by atoms with Crippen LogP contribution in [0.15, 0.2) is 34.5 Å². The van der Waals surface area contributed by atoms with Crippen molar-refractivity contribution < 1.29 is 9.59 Å². The van der Waals surface area contributed by atoms with Crippen molar-refractivity contribution in [3.05, 3.63) is 35.1 Å². The second-order valence-corrected chi connectivity index (χ2v) is 8.76. The number of anilines is 1. The van der Waals surface area contributed by atoms with Crippen LogP contribution in [0.1, 0.15) is 58.3 Å². The van der Waals surface area contributed by atoms with Gasteiger partial charge in [0.1, 0.15) is 0 Å². The van der Waals surface area contributed by atoms with Crippen LogP contribution in [0.4, 0.5) is 11.5 Å². The van der Waals surface area contributed by atoms with E-state index in [1.165, 1.54) is 0 Å². The van der Waals surface area contributed by atoms with Gasteiger partial charge in [-0.2, -0.15) is 0 Å². The fourth-order valence-corrected chi connectivity index (χ4v) is 2.90. The molecule has 0 fully saturated rings. The first-order valence-corrected chi connectivity index (χ1v) is 10.0. The molecule has 7 heteroatoms. The summed E-state index contributed by atoms with van der Waals surface area (Å²) < 4.78 is 0. The minimum Gasteiger partial charge on any atom is -0.370 e. The fourth-order valence-electron chi connectivity index (χ4n) is 2.90. The highest BCUT2D eigenvalue weighted by Crippen LogP contribution is 2.34. The molecule has 0 spiro atoms. The highest BCUT2D eigenvalue weighted by molar-refractivity contribution is 6.04. The monoisotopic (exact) mass is 399 g/mol. The van der Waals surface area contributed by atoms with E-state index in [4.69, 9.17) is 5.73 Å². The molecule has 158 valence electrons. The van der Waals surface area contributed by atoms with E-state index >= 15 is 0 Å². The van der Waals surface area contributed by atoms with Crippen LogP contribution in [-0.4, -0.2) is 35.6 Å². The molecule has 1 aromatic rings. The largest absolute Gasteiger partial charge is 0.370 e. The molecule has 1 aliphatic heterocycles. The maximum absolute atomic E-state index is 12.7. The molecule has 2 unspecified atom stereocenters. The van der Waals surface area contributed by atoms with Crippen LogP contribution in [0.25, 0.3) is 0 Å². The number of carbonyl (C=O) groups is 2. The summed E-state index contributed by atoms with van der Waals surface area (Å²) in [6, 6.07) is -0.181. The quantitative estimate of drug-likeness (QED) is 0.414. The van der Waals surface area contributed by atoms with Crippen molar-refractivity contribution in [3.63, 3.8) is 0 Å². The van der Waals surface area contributed by atoms with Gasteiger partial charge in [-0.1, -0.05) is 46.8 Å². The number of aromatic nitrogens is 1. The predicted molar refractivity (Wildman–Crippen MR) is 119 cm³/mol. The Kier molecular flexibility index (Phi) is 7.06. The third kappa shape index (κ3) is 5.82. The Hall–Kier alpha value is -2.83. The molecule has 2 heterocycles. The van der Waals surface area contributed by atoms with Crippen LogP contribution >= 0.6 is 0 Å². The van der Waals surface area contributed by atoms with Crippen LogP contribution in [0.3, 0.4) is 0 Å². The number of aliphatic imine (C=N–C) groups is 1. The van der Waals surface area contributed by atoms with Crippen molar-refractivity contribution in [2.45, 2.75) is 54.0 Å². The number of hydrogen-bond donors (Lipinski definition) is 4. The normalized spacial score (nSPS) is 18.1. The van der Waals surface area contributed by atoms with Crippen LogP contribution in [0, 0.1) is 11.3 Å². The van der Waals surface area contributed by atoms with Gasteiger partial charge in [0.05, 0.1) is 17.3 Å². The van der Waals surface area contributed by atoms with Gasteiger partial charge in [0.25, 0.3) is 5.91 Å². The molecule has 2 atom stereocenters. The third-order valence-corrected chi connectivity index (χ3v) is 4.99.